The van der Waals surface area contributed by atoms with Crippen LogP contribution in [-0.4, -0.2) is 46.5 Å². The van der Waals surface area contributed by atoms with Gasteiger partial charge in [0.2, 0.25) is 0 Å². The number of benzene rings is 1. The summed E-state index contributed by atoms with van der Waals surface area (Å²) in [6.07, 6.45) is 2.87. The lowest BCUT2D eigenvalue weighted by Gasteiger charge is -2.26. The Morgan fingerprint density at radius 3 is 2.79 bits per heavy atom. The lowest BCUT2D eigenvalue weighted by atomic mass is 10.1. The Labute approximate surface area is 184 Å². The average molecular weight is 498 g/mol. The monoisotopic (exact) mass is 498 g/mol. The standard InChI is InChI=1S/C20H30N6O.HI/c1-5-18-24-19-11-8-16(13-26(19)25-18)23-20(21-4)22-12-15(3)27-17-9-6-14(2)7-10-17;/h6-7,9-10,15-16H,5,8,11-13H2,1-4H3,(H2,21,22,23);1H. The highest BCUT2D eigenvalue weighted by Gasteiger charge is 2.22. The number of halogens is 1. The van der Waals surface area contributed by atoms with Crippen LogP contribution in [0.1, 0.15) is 37.5 Å². The Kier molecular flexibility index (Phi) is 8.53. The molecule has 0 radical (unpaired) electrons. The first-order chi connectivity index (χ1) is 13.1. The third-order valence-electron chi connectivity index (χ3n) is 4.70. The van der Waals surface area contributed by atoms with E-state index in [0.717, 1.165) is 49.2 Å². The molecule has 1 aromatic heterocycles. The van der Waals surface area contributed by atoms with Crippen molar-refractivity contribution in [2.24, 2.45) is 4.99 Å². The molecule has 2 N–H and O–H groups in total. The SMILES string of the molecule is CCc1nc2n(n1)CC(NC(=NC)NCC(C)Oc1ccc(C)cc1)CC2.I. The van der Waals surface area contributed by atoms with E-state index in [1.54, 1.807) is 7.05 Å². The largest absolute Gasteiger partial charge is 0.489 e. The maximum atomic E-state index is 5.95. The number of guanidine groups is 1. The van der Waals surface area contributed by atoms with Gasteiger partial charge in [-0.15, -0.1) is 24.0 Å². The van der Waals surface area contributed by atoms with Gasteiger partial charge in [0.15, 0.2) is 11.8 Å². The van der Waals surface area contributed by atoms with Gasteiger partial charge in [0.25, 0.3) is 0 Å². The smallest absolute Gasteiger partial charge is 0.191 e. The molecule has 0 bridgehead atoms. The summed E-state index contributed by atoms with van der Waals surface area (Å²) in [6, 6.07) is 8.41. The fourth-order valence-corrected chi connectivity index (χ4v) is 3.15. The van der Waals surface area contributed by atoms with Crippen molar-refractivity contribution in [3.05, 3.63) is 41.5 Å². The first-order valence-corrected chi connectivity index (χ1v) is 9.70. The van der Waals surface area contributed by atoms with Crippen LogP contribution in [0, 0.1) is 6.92 Å². The lowest BCUT2D eigenvalue weighted by Crippen LogP contribution is -2.48. The molecule has 0 saturated heterocycles. The normalized spacial score (nSPS) is 17.3. The van der Waals surface area contributed by atoms with Crippen LogP contribution in [0.3, 0.4) is 0 Å². The van der Waals surface area contributed by atoms with E-state index in [2.05, 4.69) is 58.6 Å². The zero-order chi connectivity index (χ0) is 19.2. The Morgan fingerprint density at radius 1 is 1.36 bits per heavy atom. The lowest BCUT2D eigenvalue weighted by molar-refractivity contribution is 0.223. The highest BCUT2D eigenvalue weighted by molar-refractivity contribution is 14.0. The van der Waals surface area contributed by atoms with Gasteiger partial charge in [-0.2, -0.15) is 5.10 Å². The Morgan fingerprint density at radius 2 is 2.11 bits per heavy atom. The maximum Gasteiger partial charge on any atom is 0.191 e. The number of hydrogen-bond acceptors (Lipinski definition) is 4. The summed E-state index contributed by atoms with van der Waals surface area (Å²) in [7, 11) is 1.79. The van der Waals surface area contributed by atoms with Gasteiger partial charge in [-0.25, -0.2) is 9.67 Å². The minimum absolute atomic E-state index is 0. The second-order valence-electron chi connectivity index (χ2n) is 7.05. The second kappa shape index (κ2) is 10.6. The molecule has 2 aromatic rings. The van der Waals surface area contributed by atoms with Crippen LogP contribution in [-0.2, 0) is 19.4 Å². The number of rotatable bonds is 6. The summed E-state index contributed by atoms with van der Waals surface area (Å²) < 4.78 is 7.97. The minimum atomic E-state index is 0. The number of aliphatic imine (C=N–C) groups is 1. The number of fused-ring (bicyclic) bond motifs is 1. The van der Waals surface area contributed by atoms with Gasteiger partial charge in [-0.05, 0) is 32.4 Å². The molecule has 0 amide bonds. The van der Waals surface area contributed by atoms with Crippen LogP contribution in [0.2, 0.25) is 0 Å². The van der Waals surface area contributed by atoms with Crippen molar-refractivity contribution in [1.29, 1.82) is 0 Å². The van der Waals surface area contributed by atoms with Gasteiger partial charge in [0.1, 0.15) is 17.7 Å². The van der Waals surface area contributed by atoms with Crippen molar-refractivity contribution in [1.82, 2.24) is 25.4 Å². The molecule has 7 nitrogen and oxygen atoms in total. The van der Waals surface area contributed by atoms with E-state index < -0.39 is 0 Å². The summed E-state index contributed by atoms with van der Waals surface area (Å²) in [5.41, 5.74) is 1.23. The quantitative estimate of drug-likeness (QED) is 0.364. The van der Waals surface area contributed by atoms with E-state index in [1.807, 2.05) is 16.8 Å². The van der Waals surface area contributed by atoms with Crippen molar-refractivity contribution < 1.29 is 4.74 Å². The van der Waals surface area contributed by atoms with E-state index >= 15 is 0 Å². The van der Waals surface area contributed by atoms with Gasteiger partial charge in [0.05, 0.1) is 13.1 Å². The third-order valence-corrected chi connectivity index (χ3v) is 4.70. The van der Waals surface area contributed by atoms with Crippen LogP contribution in [0.25, 0.3) is 0 Å². The molecule has 0 spiro atoms. The number of nitrogens with zero attached hydrogens (tertiary/aromatic N) is 4. The van der Waals surface area contributed by atoms with Crippen molar-refractivity contribution in [2.75, 3.05) is 13.6 Å². The molecular formula is C20H31IN6O. The molecule has 8 heteroatoms. The second-order valence-corrected chi connectivity index (χ2v) is 7.05. The predicted molar refractivity (Wildman–Crippen MR) is 123 cm³/mol. The Bertz CT molecular complexity index is 774. The molecule has 0 fully saturated rings. The molecule has 2 unspecified atom stereocenters. The summed E-state index contributed by atoms with van der Waals surface area (Å²) in [5.74, 6) is 3.69. The number of nitrogens with one attached hydrogen (secondary N) is 2. The molecule has 1 aliphatic heterocycles. The predicted octanol–water partition coefficient (Wildman–Crippen LogP) is 2.71. The fourth-order valence-electron chi connectivity index (χ4n) is 3.15. The van der Waals surface area contributed by atoms with Gasteiger partial charge >= 0.3 is 0 Å². The summed E-state index contributed by atoms with van der Waals surface area (Å²) >= 11 is 0. The molecular weight excluding hydrogens is 467 g/mol. The molecule has 2 atom stereocenters. The van der Waals surface area contributed by atoms with Crippen LogP contribution in [0.4, 0.5) is 0 Å². The van der Waals surface area contributed by atoms with E-state index in [0.29, 0.717) is 12.6 Å². The van der Waals surface area contributed by atoms with E-state index in [4.69, 9.17) is 4.74 Å². The molecule has 28 heavy (non-hydrogen) atoms. The molecule has 1 aliphatic rings. The van der Waals surface area contributed by atoms with Crippen molar-refractivity contribution in [3.63, 3.8) is 0 Å². The zero-order valence-electron chi connectivity index (χ0n) is 17.1. The zero-order valence-corrected chi connectivity index (χ0v) is 19.4. The number of aryl methyl sites for hydroxylation is 3. The van der Waals surface area contributed by atoms with Gasteiger partial charge in [-0.3, -0.25) is 4.99 Å². The highest BCUT2D eigenvalue weighted by Crippen LogP contribution is 2.14. The molecule has 3 rings (SSSR count). The Balaban J connectivity index is 0.00000280. The van der Waals surface area contributed by atoms with Gasteiger partial charge in [0, 0.05) is 25.9 Å². The van der Waals surface area contributed by atoms with Crippen molar-refractivity contribution in [3.8, 4) is 5.75 Å². The summed E-state index contributed by atoms with van der Waals surface area (Å²) in [5, 5.41) is 11.4. The first kappa shape index (κ1) is 22.4. The minimum Gasteiger partial charge on any atom is -0.489 e. The topological polar surface area (TPSA) is 76.4 Å². The number of ether oxygens (including phenoxy) is 1. The molecule has 1 aromatic carbocycles. The van der Waals surface area contributed by atoms with E-state index in [1.165, 1.54) is 5.56 Å². The van der Waals surface area contributed by atoms with Crippen LogP contribution < -0.4 is 15.4 Å². The number of aromatic nitrogens is 3. The van der Waals surface area contributed by atoms with Crippen LogP contribution >= 0.6 is 24.0 Å². The Hall–Kier alpha value is -1.84. The molecule has 0 saturated carbocycles. The van der Waals surface area contributed by atoms with Gasteiger partial charge in [-0.1, -0.05) is 24.6 Å². The average Bonchev–Trinajstić information content (AvgIpc) is 3.09. The maximum absolute atomic E-state index is 5.95. The molecule has 154 valence electrons. The summed E-state index contributed by atoms with van der Waals surface area (Å²) in [4.78, 5) is 8.91. The first-order valence-electron chi connectivity index (χ1n) is 9.70. The number of hydrogen-bond donors (Lipinski definition) is 2. The fraction of sp³-hybridized carbons (Fsp3) is 0.550. The highest BCUT2D eigenvalue weighted by atomic mass is 127. The van der Waals surface area contributed by atoms with Crippen molar-refractivity contribution >= 4 is 29.9 Å². The third kappa shape index (κ3) is 6.08. The molecule has 2 heterocycles. The van der Waals surface area contributed by atoms with Gasteiger partial charge < -0.3 is 15.4 Å². The van der Waals surface area contributed by atoms with E-state index in [-0.39, 0.29) is 30.1 Å². The van der Waals surface area contributed by atoms with Crippen LogP contribution in [0.15, 0.2) is 29.3 Å². The summed E-state index contributed by atoms with van der Waals surface area (Å²) in [6.45, 7) is 7.70. The van der Waals surface area contributed by atoms with Crippen molar-refractivity contribution in [2.45, 2.75) is 58.7 Å². The van der Waals surface area contributed by atoms with Crippen LogP contribution in [0.5, 0.6) is 5.75 Å². The van der Waals surface area contributed by atoms with E-state index in [9.17, 15) is 0 Å². The molecule has 0 aliphatic carbocycles.